The predicted molar refractivity (Wildman–Crippen MR) is 55.3 cm³/mol. The first-order valence-corrected chi connectivity index (χ1v) is 4.39. The summed E-state index contributed by atoms with van der Waals surface area (Å²) in [7, 11) is 1.55. The van der Waals surface area contributed by atoms with Crippen LogP contribution in [0.5, 0.6) is 11.5 Å². The summed E-state index contributed by atoms with van der Waals surface area (Å²) in [6, 6.07) is 7.18. The molecule has 4 heteroatoms. The SMILES string of the molecule is COc1ccccc1OCC=CC(=O)O. The minimum atomic E-state index is -0.987. The summed E-state index contributed by atoms with van der Waals surface area (Å²) in [5.74, 6) is 0.231. The van der Waals surface area contributed by atoms with Crippen molar-refractivity contribution in [2.24, 2.45) is 0 Å². The number of ether oxygens (including phenoxy) is 2. The topological polar surface area (TPSA) is 55.8 Å². The van der Waals surface area contributed by atoms with Crippen molar-refractivity contribution in [3.8, 4) is 11.5 Å². The van der Waals surface area contributed by atoms with Gasteiger partial charge in [-0.1, -0.05) is 12.1 Å². The number of carboxylic acids is 1. The summed E-state index contributed by atoms with van der Waals surface area (Å²) >= 11 is 0. The lowest BCUT2D eigenvalue weighted by molar-refractivity contribution is -0.131. The van der Waals surface area contributed by atoms with E-state index >= 15 is 0 Å². The number of hydrogen-bond donors (Lipinski definition) is 1. The molecule has 1 aromatic carbocycles. The van der Waals surface area contributed by atoms with Crippen molar-refractivity contribution in [1.82, 2.24) is 0 Å². The normalized spacial score (nSPS) is 10.2. The van der Waals surface area contributed by atoms with Crippen LogP contribution in [0.1, 0.15) is 0 Å². The Hall–Kier alpha value is -1.97. The van der Waals surface area contributed by atoms with Crippen LogP contribution in [0.15, 0.2) is 36.4 Å². The maximum Gasteiger partial charge on any atom is 0.328 e. The zero-order valence-electron chi connectivity index (χ0n) is 8.34. The van der Waals surface area contributed by atoms with Crippen molar-refractivity contribution < 1.29 is 19.4 Å². The Morgan fingerprint density at radius 1 is 1.40 bits per heavy atom. The molecule has 0 bridgehead atoms. The van der Waals surface area contributed by atoms with Crippen molar-refractivity contribution in [3.05, 3.63) is 36.4 Å². The molecule has 0 spiro atoms. The van der Waals surface area contributed by atoms with Crippen LogP contribution in [0.2, 0.25) is 0 Å². The predicted octanol–water partition coefficient (Wildman–Crippen LogP) is 1.71. The van der Waals surface area contributed by atoms with Crippen LogP contribution in [0.4, 0.5) is 0 Å². The van der Waals surface area contributed by atoms with Gasteiger partial charge in [-0.15, -0.1) is 0 Å². The molecule has 0 aliphatic heterocycles. The Morgan fingerprint density at radius 2 is 2.07 bits per heavy atom. The summed E-state index contributed by atoms with van der Waals surface area (Å²) in [4.78, 5) is 10.2. The van der Waals surface area contributed by atoms with E-state index in [-0.39, 0.29) is 6.61 Å². The van der Waals surface area contributed by atoms with Gasteiger partial charge in [-0.25, -0.2) is 4.79 Å². The van der Waals surface area contributed by atoms with Gasteiger partial charge in [0.2, 0.25) is 0 Å². The molecule has 0 aromatic heterocycles. The van der Waals surface area contributed by atoms with E-state index in [9.17, 15) is 4.79 Å². The van der Waals surface area contributed by atoms with Crippen molar-refractivity contribution in [2.75, 3.05) is 13.7 Å². The second-order valence-corrected chi connectivity index (χ2v) is 2.70. The number of carbonyl (C=O) groups is 1. The average molecular weight is 208 g/mol. The van der Waals surface area contributed by atoms with Crippen LogP contribution in [-0.2, 0) is 4.79 Å². The highest BCUT2D eigenvalue weighted by molar-refractivity contribution is 5.79. The number of rotatable bonds is 5. The largest absolute Gasteiger partial charge is 0.493 e. The second-order valence-electron chi connectivity index (χ2n) is 2.70. The molecular formula is C11H12O4. The van der Waals surface area contributed by atoms with Crippen molar-refractivity contribution in [1.29, 1.82) is 0 Å². The van der Waals surface area contributed by atoms with E-state index in [0.717, 1.165) is 6.08 Å². The van der Waals surface area contributed by atoms with Gasteiger partial charge >= 0.3 is 5.97 Å². The van der Waals surface area contributed by atoms with Crippen molar-refractivity contribution in [3.63, 3.8) is 0 Å². The first kappa shape index (κ1) is 11.1. The standard InChI is InChI=1S/C11H12O4/c1-14-9-5-2-3-6-10(9)15-8-4-7-11(12)13/h2-7H,8H2,1H3,(H,12,13). The Morgan fingerprint density at radius 3 is 2.67 bits per heavy atom. The molecule has 0 heterocycles. The minimum Gasteiger partial charge on any atom is -0.493 e. The van der Waals surface area contributed by atoms with Crippen LogP contribution < -0.4 is 9.47 Å². The number of para-hydroxylation sites is 2. The van der Waals surface area contributed by atoms with Crippen molar-refractivity contribution in [2.45, 2.75) is 0 Å². The monoisotopic (exact) mass is 208 g/mol. The molecule has 0 unspecified atom stereocenters. The number of hydrogen-bond acceptors (Lipinski definition) is 3. The molecule has 80 valence electrons. The van der Waals surface area contributed by atoms with E-state index < -0.39 is 5.97 Å². The summed E-state index contributed by atoms with van der Waals surface area (Å²) in [5, 5.41) is 8.34. The molecule has 1 rings (SSSR count). The highest BCUT2D eigenvalue weighted by Gasteiger charge is 2.00. The van der Waals surface area contributed by atoms with Gasteiger partial charge in [-0.05, 0) is 18.2 Å². The second kappa shape index (κ2) is 5.70. The molecule has 0 saturated heterocycles. The molecule has 0 saturated carbocycles. The zero-order chi connectivity index (χ0) is 11.1. The number of aliphatic carboxylic acids is 1. The summed E-state index contributed by atoms with van der Waals surface area (Å²) in [6.45, 7) is 0.201. The molecule has 0 amide bonds. The van der Waals surface area contributed by atoms with Gasteiger partial charge in [0.15, 0.2) is 11.5 Å². The van der Waals surface area contributed by atoms with Crippen LogP contribution in [0, 0.1) is 0 Å². The third-order valence-electron chi connectivity index (χ3n) is 1.66. The molecule has 4 nitrogen and oxygen atoms in total. The van der Waals surface area contributed by atoms with Crippen LogP contribution in [-0.4, -0.2) is 24.8 Å². The Bertz CT molecular complexity index is 357. The van der Waals surface area contributed by atoms with E-state index in [4.69, 9.17) is 14.6 Å². The fourth-order valence-electron chi connectivity index (χ4n) is 1.02. The molecule has 0 aliphatic carbocycles. The van der Waals surface area contributed by atoms with E-state index in [1.165, 1.54) is 6.08 Å². The third-order valence-corrected chi connectivity index (χ3v) is 1.66. The van der Waals surface area contributed by atoms with Gasteiger partial charge in [0.05, 0.1) is 7.11 Å². The summed E-state index contributed by atoms with van der Waals surface area (Å²) in [5.41, 5.74) is 0. The van der Waals surface area contributed by atoms with E-state index in [2.05, 4.69) is 0 Å². The fourth-order valence-corrected chi connectivity index (χ4v) is 1.02. The van der Waals surface area contributed by atoms with Gasteiger partial charge in [-0.2, -0.15) is 0 Å². The molecule has 1 N–H and O–H groups in total. The van der Waals surface area contributed by atoms with Gasteiger partial charge < -0.3 is 14.6 Å². The highest BCUT2D eigenvalue weighted by atomic mass is 16.5. The van der Waals surface area contributed by atoms with E-state index in [1.54, 1.807) is 19.2 Å². The van der Waals surface area contributed by atoms with E-state index in [1.807, 2.05) is 12.1 Å². The van der Waals surface area contributed by atoms with Crippen LogP contribution in [0.3, 0.4) is 0 Å². The third kappa shape index (κ3) is 3.72. The molecule has 0 aliphatic rings. The van der Waals surface area contributed by atoms with Crippen LogP contribution in [0.25, 0.3) is 0 Å². The minimum absolute atomic E-state index is 0.201. The smallest absolute Gasteiger partial charge is 0.328 e. The Kier molecular flexibility index (Phi) is 4.22. The lowest BCUT2D eigenvalue weighted by atomic mass is 10.3. The first-order valence-electron chi connectivity index (χ1n) is 4.39. The lowest BCUT2D eigenvalue weighted by Gasteiger charge is -2.07. The highest BCUT2D eigenvalue weighted by Crippen LogP contribution is 2.25. The quantitative estimate of drug-likeness (QED) is 0.748. The Labute approximate surface area is 87.7 Å². The van der Waals surface area contributed by atoms with Gasteiger partial charge in [0.1, 0.15) is 6.61 Å². The van der Waals surface area contributed by atoms with Crippen LogP contribution >= 0.6 is 0 Å². The van der Waals surface area contributed by atoms with E-state index in [0.29, 0.717) is 11.5 Å². The Balaban J connectivity index is 2.53. The molecule has 0 radical (unpaired) electrons. The van der Waals surface area contributed by atoms with Gasteiger partial charge in [0, 0.05) is 6.08 Å². The fraction of sp³-hybridized carbons (Fsp3) is 0.182. The maximum atomic E-state index is 10.2. The molecule has 1 aromatic rings. The maximum absolute atomic E-state index is 10.2. The number of methoxy groups -OCH3 is 1. The van der Waals surface area contributed by atoms with Gasteiger partial charge in [-0.3, -0.25) is 0 Å². The van der Waals surface area contributed by atoms with Crippen molar-refractivity contribution >= 4 is 5.97 Å². The molecule has 0 fully saturated rings. The number of benzene rings is 1. The molecule has 0 atom stereocenters. The number of carboxylic acid groups (broad SMARTS) is 1. The summed E-state index contributed by atoms with van der Waals surface area (Å²) < 4.78 is 10.4. The summed E-state index contributed by atoms with van der Waals surface area (Å²) in [6.07, 6.45) is 2.46. The first-order chi connectivity index (χ1) is 7.24. The van der Waals surface area contributed by atoms with Gasteiger partial charge in [0.25, 0.3) is 0 Å². The average Bonchev–Trinajstić information content (AvgIpc) is 2.24. The molecule has 15 heavy (non-hydrogen) atoms. The molecular weight excluding hydrogens is 196 g/mol. The lowest BCUT2D eigenvalue weighted by Crippen LogP contribution is -1.97. The zero-order valence-corrected chi connectivity index (χ0v) is 8.34.